The van der Waals surface area contributed by atoms with Crippen LogP contribution in [0, 0.1) is 17.5 Å². The van der Waals surface area contributed by atoms with Crippen molar-refractivity contribution in [1.82, 2.24) is 0 Å². The lowest BCUT2D eigenvalue weighted by Crippen LogP contribution is -2.96. The predicted octanol–water partition coefficient (Wildman–Crippen LogP) is 2.72. The van der Waals surface area contributed by atoms with Gasteiger partial charge in [-0.2, -0.15) is 0 Å². The molecule has 1 amide bonds. The van der Waals surface area contributed by atoms with Crippen molar-refractivity contribution in [2.75, 3.05) is 5.32 Å². The average Bonchev–Trinajstić information content (AvgIpc) is 2.76. The summed E-state index contributed by atoms with van der Waals surface area (Å²) < 4.78 is 39.6. The normalized spacial score (nSPS) is 17.8. The summed E-state index contributed by atoms with van der Waals surface area (Å²) >= 11 is 0. The molecule has 3 nitrogen and oxygen atoms in total. The van der Waals surface area contributed by atoms with Crippen LogP contribution in [-0.2, 0) is 4.79 Å². The summed E-state index contributed by atoms with van der Waals surface area (Å²) in [6, 6.07) is 1.81. The Morgan fingerprint density at radius 1 is 1.14 bits per heavy atom. The molecule has 1 aromatic rings. The Hall–Kier alpha value is -1.56. The van der Waals surface area contributed by atoms with Crippen LogP contribution in [0.5, 0.6) is 0 Å². The maximum atomic E-state index is 13.6. The number of nitrogens with two attached hydrogens (primary N) is 1. The number of halogens is 3. The Labute approximate surface area is 128 Å². The topological polar surface area (TPSA) is 45.7 Å². The van der Waals surface area contributed by atoms with Gasteiger partial charge in [-0.15, -0.1) is 0 Å². The third-order valence-electron chi connectivity index (χ3n) is 4.17. The zero-order chi connectivity index (χ0) is 16.1. The fourth-order valence-electron chi connectivity index (χ4n) is 2.87. The van der Waals surface area contributed by atoms with Gasteiger partial charge in [0.15, 0.2) is 23.5 Å². The van der Waals surface area contributed by atoms with Crippen molar-refractivity contribution in [3.63, 3.8) is 0 Å². The van der Waals surface area contributed by atoms with Crippen molar-refractivity contribution in [3.8, 4) is 0 Å². The number of carbonyl (C=O) groups is 1. The minimum atomic E-state index is -1.57. The quantitative estimate of drug-likeness (QED) is 0.651. The standard InChI is InChI=1S/C16H21F3N2O/c1-10(20-11-6-4-2-3-5-7-11)16(22)21-13-9-8-12(17)14(18)15(13)19/h8-11,20H,2-7H2,1H3,(H,21,22)/p+1/t10-/m0/s1. The van der Waals surface area contributed by atoms with Crippen molar-refractivity contribution in [3.05, 3.63) is 29.6 Å². The Kier molecular flexibility index (Phi) is 5.83. The molecule has 0 aromatic heterocycles. The highest BCUT2D eigenvalue weighted by atomic mass is 19.2. The Bertz CT molecular complexity index is 528. The summed E-state index contributed by atoms with van der Waals surface area (Å²) in [6.07, 6.45) is 6.91. The van der Waals surface area contributed by atoms with Gasteiger partial charge in [0.1, 0.15) is 0 Å². The van der Waals surface area contributed by atoms with E-state index in [9.17, 15) is 18.0 Å². The van der Waals surface area contributed by atoms with Crippen LogP contribution < -0.4 is 10.6 Å². The molecule has 122 valence electrons. The smallest absolute Gasteiger partial charge is 0.282 e. The first-order valence-electron chi connectivity index (χ1n) is 7.78. The molecule has 0 spiro atoms. The molecule has 6 heteroatoms. The number of quaternary nitrogens is 1. The highest BCUT2D eigenvalue weighted by Gasteiger charge is 2.24. The molecule has 1 aromatic carbocycles. The largest absolute Gasteiger partial charge is 0.334 e. The van der Waals surface area contributed by atoms with E-state index < -0.39 is 29.4 Å². The van der Waals surface area contributed by atoms with E-state index in [4.69, 9.17) is 0 Å². The highest BCUT2D eigenvalue weighted by molar-refractivity contribution is 5.93. The fourth-order valence-corrected chi connectivity index (χ4v) is 2.87. The lowest BCUT2D eigenvalue weighted by molar-refractivity contribution is -0.707. The summed E-state index contributed by atoms with van der Waals surface area (Å²) in [7, 11) is 0. The van der Waals surface area contributed by atoms with Gasteiger partial charge in [-0.3, -0.25) is 4.79 Å². The molecule has 0 saturated heterocycles. The molecule has 1 fully saturated rings. The molecule has 1 atom stereocenters. The van der Waals surface area contributed by atoms with Crippen LogP contribution in [0.3, 0.4) is 0 Å². The maximum Gasteiger partial charge on any atom is 0.282 e. The lowest BCUT2D eigenvalue weighted by Gasteiger charge is -2.18. The van der Waals surface area contributed by atoms with Crippen molar-refractivity contribution in [1.29, 1.82) is 0 Å². The zero-order valence-corrected chi connectivity index (χ0v) is 12.7. The summed E-state index contributed by atoms with van der Waals surface area (Å²) in [5.74, 6) is -4.61. The fraction of sp³-hybridized carbons (Fsp3) is 0.562. The SMILES string of the molecule is C[C@H]([NH2+]C1CCCCCC1)C(=O)Nc1ccc(F)c(F)c1F. The molecular weight excluding hydrogens is 293 g/mol. The maximum absolute atomic E-state index is 13.6. The Balaban J connectivity index is 1.95. The molecule has 1 saturated carbocycles. The zero-order valence-electron chi connectivity index (χ0n) is 12.7. The number of amides is 1. The number of hydrogen-bond acceptors (Lipinski definition) is 1. The predicted molar refractivity (Wildman–Crippen MR) is 77.8 cm³/mol. The first-order chi connectivity index (χ1) is 10.5. The van der Waals surface area contributed by atoms with E-state index in [0.29, 0.717) is 6.04 Å². The van der Waals surface area contributed by atoms with Gasteiger partial charge in [0.25, 0.3) is 5.91 Å². The number of carbonyl (C=O) groups excluding carboxylic acids is 1. The molecule has 0 aliphatic heterocycles. The van der Waals surface area contributed by atoms with Crippen molar-refractivity contribution < 1.29 is 23.3 Å². The van der Waals surface area contributed by atoms with Crippen molar-refractivity contribution in [2.45, 2.75) is 57.5 Å². The van der Waals surface area contributed by atoms with Crippen molar-refractivity contribution in [2.24, 2.45) is 0 Å². The van der Waals surface area contributed by atoms with Crippen LogP contribution in [0.4, 0.5) is 18.9 Å². The molecule has 2 rings (SSSR count). The summed E-state index contributed by atoms with van der Waals surface area (Å²) in [5, 5.41) is 4.32. The molecule has 0 unspecified atom stereocenters. The van der Waals surface area contributed by atoms with E-state index in [2.05, 4.69) is 5.32 Å². The lowest BCUT2D eigenvalue weighted by atomic mass is 10.1. The minimum Gasteiger partial charge on any atom is -0.334 e. The summed E-state index contributed by atoms with van der Waals surface area (Å²) in [6.45, 7) is 1.73. The second-order valence-electron chi connectivity index (χ2n) is 5.94. The molecule has 0 bridgehead atoms. The highest BCUT2D eigenvalue weighted by Crippen LogP contribution is 2.19. The first-order valence-corrected chi connectivity index (χ1v) is 7.78. The van der Waals surface area contributed by atoms with Crippen LogP contribution >= 0.6 is 0 Å². The summed E-state index contributed by atoms with van der Waals surface area (Å²) in [5.41, 5.74) is -0.329. The molecule has 3 N–H and O–H groups in total. The molecule has 0 radical (unpaired) electrons. The molecule has 1 aliphatic carbocycles. The van der Waals surface area contributed by atoms with Gasteiger partial charge >= 0.3 is 0 Å². The first kappa shape index (κ1) is 16.8. The van der Waals surface area contributed by atoms with Gasteiger partial charge in [-0.25, -0.2) is 13.2 Å². The average molecular weight is 315 g/mol. The van der Waals surface area contributed by atoms with Gasteiger partial charge in [-0.05, 0) is 44.7 Å². The number of benzene rings is 1. The van der Waals surface area contributed by atoms with Crippen LogP contribution in [0.2, 0.25) is 0 Å². The van der Waals surface area contributed by atoms with Gasteiger partial charge < -0.3 is 10.6 Å². The second-order valence-corrected chi connectivity index (χ2v) is 5.94. The Morgan fingerprint density at radius 3 is 2.41 bits per heavy atom. The van der Waals surface area contributed by atoms with Crippen LogP contribution in [0.25, 0.3) is 0 Å². The second kappa shape index (κ2) is 7.63. The minimum absolute atomic E-state index is 0.329. The number of anilines is 1. The molecular formula is C16H22F3N2O+. The van der Waals surface area contributed by atoms with Crippen LogP contribution in [0.15, 0.2) is 12.1 Å². The van der Waals surface area contributed by atoms with E-state index >= 15 is 0 Å². The number of nitrogens with one attached hydrogen (secondary N) is 1. The third-order valence-corrected chi connectivity index (χ3v) is 4.17. The van der Waals surface area contributed by atoms with Crippen molar-refractivity contribution >= 4 is 11.6 Å². The monoisotopic (exact) mass is 315 g/mol. The van der Waals surface area contributed by atoms with Gasteiger partial charge in [0, 0.05) is 0 Å². The van der Waals surface area contributed by atoms with E-state index in [1.807, 2.05) is 5.32 Å². The Morgan fingerprint density at radius 2 is 1.77 bits per heavy atom. The van der Waals surface area contributed by atoms with E-state index in [0.717, 1.165) is 37.8 Å². The van der Waals surface area contributed by atoms with Gasteiger partial charge in [0.2, 0.25) is 0 Å². The van der Waals surface area contributed by atoms with E-state index in [-0.39, 0.29) is 5.69 Å². The van der Waals surface area contributed by atoms with E-state index in [1.54, 1.807) is 6.92 Å². The number of hydrogen-bond donors (Lipinski definition) is 2. The molecule has 0 heterocycles. The number of rotatable bonds is 4. The summed E-state index contributed by atoms with van der Waals surface area (Å²) in [4.78, 5) is 12.1. The van der Waals surface area contributed by atoms with Gasteiger partial charge in [0.05, 0.1) is 11.7 Å². The third kappa shape index (κ3) is 4.22. The van der Waals surface area contributed by atoms with E-state index in [1.165, 1.54) is 12.8 Å². The molecule has 22 heavy (non-hydrogen) atoms. The van der Waals surface area contributed by atoms with Crippen LogP contribution in [0.1, 0.15) is 45.4 Å². The van der Waals surface area contributed by atoms with Crippen LogP contribution in [-0.4, -0.2) is 18.0 Å². The molecule has 1 aliphatic rings. The van der Waals surface area contributed by atoms with Gasteiger partial charge in [-0.1, -0.05) is 12.8 Å².